The maximum Gasteiger partial charge on any atom is 0.139 e. The molecule has 1 aromatic carbocycles. The zero-order valence-electron chi connectivity index (χ0n) is 9.47. The van der Waals surface area contributed by atoms with E-state index in [4.69, 9.17) is 10.2 Å². The molecule has 0 radical (unpaired) electrons. The Morgan fingerprint density at radius 1 is 1.18 bits per heavy atom. The molecule has 0 amide bonds. The maximum absolute atomic E-state index is 5.83. The van der Waals surface area contributed by atoms with Gasteiger partial charge in [-0.05, 0) is 37.3 Å². The third-order valence-electron chi connectivity index (χ3n) is 2.78. The van der Waals surface area contributed by atoms with Crippen molar-refractivity contribution in [2.24, 2.45) is 0 Å². The summed E-state index contributed by atoms with van der Waals surface area (Å²) < 4.78 is 5.77. The number of anilines is 1. The first-order valence-electron chi connectivity index (χ1n) is 5.45. The second-order valence-corrected chi connectivity index (χ2v) is 4.09. The van der Waals surface area contributed by atoms with Crippen molar-refractivity contribution in [2.75, 3.05) is 5.73 Å². The van der Waals surface area contributed by atoms with Gasteiger partial charge in [-0.25, -0.2) is 4.98 Å². The highest BCUT2D eigenvalue weighted by Crippen LogP contribution is 2.30. The normalized spacial score (nSPS) is 10.9. The Hall–Kier alpha value is -2.29. The van der Waals surface area contributed by atoms with Crippen LogP contribution < -0.4 is 5.73 Å². The number of fused-ring (bicyclic) bond motifs is 1. The van der Waals surface area contributed by atoms with E-state index >= 15 is 0 Å². The van der Waals surface area contributed by atoms with E-state index in [0.29, 0.717) is 5.82 Å². The van der Waals surface area contributed by atoms with Crippen LogP contribution in [-0.2, 0) is 0 Å². The molecule has 0 aliphatic rings. The molecule has 2 aromatic heterocycles. The number of aromatic nitrogens is 1. The molecule has 2 heterocycles. The third kappa shape index (κ3) is 1.65. The number of hydrogen-bond acceptors (Lipinski definition) is 3. The van der Waals surface area contributed by atoms with E-state index in [0.717, 1.165) is 22.3 Å². The number of rotatable bonds is 1. The molecule has 0 aliphatic heterocycles. The molecule has 0 saturated heterocycles. The van der Waals surface area contributed by atoms with Crippen molar-refractivity contribution in [3.8, 4) is 11.3 Å². The van der Waals surface area contributed by atoms with Crippen molar-refractivity contribution in [1.82, 2.24) is 4.98 Å². The SMILES string of the molecule is Cc1ccc2oc(-c3cccnc3N)cc2c1. The number of nitrogen functional groups attached to an aromatic ring is 1. The first-order valence-corrected chi connectivity index (χ1v) is 5.45. The second kappa shape index (κ2) is 3.63. The van der Waals surface area contributed by atoms with Gasteiger partial charge in [0.2, 0.25) is 0 Å². The number of hydrogen-bond donors (Lipinski definition) is 1. The van der Waals surface area contributed by atoms with E-state index in [1.807, 2.05) is 30.3 Å². The number of pyridine rings is 1. The number of nitrogens with zero attached hydrogens (tertiary/aromatic N) is 1. The molecule has 3 aromatic rings. The molecule has 3 nitrogen and oxygen atoms in total. The molecule has 0 bridgehead atoms. The average Bonchev–Trinajstić information content (AvgIpc) is 2.72. The molecule has 2 N–H and O–H groups in total. The molecule has 0 atom stereocenters. The van der Waals surface area contributed by atoms with Crippen LogP contribution in [0.2, 0.25) is 0 Å². The molecule has 0 saturated carbocycles. The van der Waals surface area contributed by atoms with Gasteiger partial charge in [-0.3, -0.25) is 0 Å². The van der Waals surface area contributed by atoms with Gasteiger partial charge in [0.15, 0.2) is 0 Å². The van der Waals surface area contributed by atoms with Gasteiger partial charge < -0.3 is 10.2 Å². The van der Waals surface area contributed by atoms with Crippen molar-refractivity contribution >= 4 is 16.8 Å². The molecule has 0 fully saturated rings. The number of benzene rings is 1. The highest BCUT2D eigenvalue weighted by Gasteiger charge is 2.09. The Bertz CT molecular complexity index is 686. The zero-order valence-corrected chi connectivity index (χ0v) is 9.47. The van der Waals surface area contributed by atoms with E-state index in [2.05, 4.69) is 18.0 Å². The van der Waals surface area contributed by atoms with E-state index < -0.39 is 0 Å². The minimum Gasteiger partial charge on any atom is -0.456 e. The van der Waals surface area contributed by atoms with Crippen molar-refractivity contribution in [2.45, 2.75) is 6.92 Å². The summed E-state index contributed by atoms with van der Waals surface area (Å²) in [6, 6.07) is 11.9. The molecule has 0 spiro atoms. The van der Waals surface area contributed by atoms with Gasteiger partial charge in [0.1, 0.15) is 17.2 Å². The number of nitrogens with two attached hydrogens (primary N) is 1. The van der Waals surface area contributed by atoms with Crippen LogP contribution in [0.3, 0.4) is 0 Å². The van der Waals surface area contributed by atoms with Gasteiger partial charge in [-0.1, -0.05) is 11.6 Å². The minimum absolute atomic E-state index is 0.489. The summed E-state index contributed by atoms with van der Waals surface area (Å²) >= 11 is 0. The lowest BCUT2D eigenvalue weighted by atomic mass is 10.1. The molecule has 3 heteroatoms. The molecule has 17 heavy (non-hydrogen) atoms. The van der Waals surface area contributed by atoms with Crippen LogP contribution in [0.1, 0.15) is 5.56 Å². The highest BCUT2D eigenvalue weighted by molar-refractivity contribution is 5.85. The lowest BCUT2D eigenvalue weighted by molar-refractivity contribution is 0.631. The topological polar surface area (TPSA) is 52.0 Å². The Morgan fingerprint density at radius 2 is 2.06 bits per heavy atom. The summed E-state index contributed by atoms with van der Waals surface area (Å²) in [4.78, 5) is 4.06. The Balaban J connectivity index is 2.22. The second-order valence-electron chi connectivity index (χ2n) is 4.09. The van der Waals surface area contributed by atoms with Gasteiger partial charge >= 0.3 is 0 Å². The fourth-order valence-electron chi connectivity index (χ4n) is 1.92. The van der Waals surface area contributed by atoms with E-state index in [-0.39, 0.29) is 0 Å². The van der Waals surface area contributed by atoms with Crippen LogP contribution in [-0.4, -0.2) is 4.98 Å². The fraction of sp³-hybridized carbons (Fsp3) is 0.0714. The van der Waals surface area contributed by atoms with Gasteiger partial charge in [0.05, 0.1) is 5.56 Å². The molecule has 0 aliphatic carbocycles. The molecular formula is C14H12N2O. The molecule has 0 unspecified atom stereocenters. The quantitative estimate of drug-likeness (QED) is 0.689. The van der Waals surface area contributed by atoms with E-state index in [1.165, 1.54) is 5.56 Å². The van der Waals surface area contributed by atoms with Crippen LogP contribution in [0.5, 0.6) is 0 Å². The van der Waals surface area contributed by atoms with Crippen LogP contribution >= 0.6 is 0 Å². The monoisotopic (exact) mass is 224 g/mol. The summed E-state index contributed by atoms with van der Waals surface area (Å²) in [6.07, 6.45) is 1.67. The maximum atomic E-state index is 5.83. The summed E-state index contributed by atoms with van der Waals surface area (Å²) in [5, 5.41) is 1.09. The van der Waals surface area contributed by atoms with Crippen LogP contribution in [0.15, 0.2) is 47.0 Å². The van der Waals surface area contributed by atoms with Crippen LogP contribution in [0.25, 0.3) is 22.3 Å². The number of aryl methyl sites for hydroxylation is 1. The smallest absolute Gasteiger partial charge is 0.139 e. The minimum atomic E-state index is 0.489. The third-order valence-corrected chi connectivity index (χ3v) is 2.78. The summed E-state index contributed by atoms with van der Waals surface area (Å²) in [6.45, 7) is 2.06. The van der Waals surface area contributed by atoms with Gasteiger partial charge in [-0.15, -0.1) is 0 Å². The summed E-state index contributed by atoms with van der Waals surface area (Å²) in [5.74, 6) is 1.25. The lowest BCUT2D eigenvalue weighted by Crippen LogP contribution is -1.91. The highest BCUT2D eigenvalue weighted by atomic mass is 16.3. The molecular weight excluding hydrogens is 212 g/mol. The predicted molar refractivity (Wildman–Crippen MR) is 68.6 cm³/mol. The first-order chi connectivity index (χ1) is 8.24. The van der Waals surface area contributed by atoms with Crippen molar-refractivity contribution in [3.05, 3.63) is 48.2 Å². The Labute approximate surface area is 98.9 Å². The van der Waals surface area contributed by atoms with Crippen molar-refractivity contribution < 1.29 is 4.42 Å². The number of furan rings is 1. The van der Waals surface area contributed by atoms with Gasteiger partial charge in [-0.2, -0.15) is 0 Å². The van der Waals surface area contributed by atoms with E-state index in [1.54, 1.807) is 6.20 Å². The first kappa shape index (κ1) is 9.90. The van der Waals surface area contributed by atoms with Crippen LogP contribution in [0, 0.1) is 6.92 Å². The summed E-state index contributed by atoms with van der Waals surface area (Å²) in [7, 11) is 0. The van der Waals surface area contributed by atoms with Gasteiger partial charge in [0, 0.05) is 11.6 Å². The largest absolute Gasteiger partial charge is 0.456 e. The van der Waals surface area contributed by atoms with Crippen molar-refractivity contribution in [3.63, 3.8) is 0 Å². The Kier molecular flexibility index (Phi) is 2.11. The summed E-state index contributed by atoms with van der Waals surface area (Å²) in [5.41, 5.74) is 8.75. The molecule has 3 rings (SSSR count). The fourth-order valence-corrected chi connectivity index (χ4v) is 1.92. The lowest BCUT2D eigenvalue weighted by Gasteiger charge is -1.98. The van der Waals surface area contributed by atoms with E-state index in [9.17, 15) is 0 Å². The van der Waals surface area contributed by atoms with Gasteiger partial charge in [0.25, 0.3) is 0 Å². The van der Waals surface area contributed by atoms with Crippen molar-refractivity contribution in [1.29, 1.82) is 0 Å². The molecule has 84 valence electrons. The predicted octanol–water partition coefficient (Wildman–Crippen LogP) is 3.39. The Morgan fingerprint density at radius 3 is 2.88 bits per heavy atom. The van der Waals surface area contributed by atoms with Crippen LogP contribution in [0.4, 0.5) is 5.82 Å². The standard InChI is InChI=1S/C14H12N2O/c1-9-4-5-12-10(7-9)8-13(17-12)11-3-2-6-16-14(11)15/h2-8H,1H3,(H2,15,16). The zero-order chi connectivity index (χ0) is 11.8. The average molecular weight is 224 g/mol.